The van der Waals surface area contributed by atoms with Crippen molar-refractivity contribution in [2.45, 2.75) is 17.8 Å². The van der Waals surface area contributed by atoms with Crippen LogP contribution in [-0.4, -0.2) is 32.7 Å². The highest BCUT2D eigenvalue weighted by atomic mass is 32.2. The number of ether oxygens (including phenoxy) is 1. The molecule has 0 fully saturated rings. The van der Waals surface area contributed by atoms with Gasteiger partial charge in [0.25, 0.3) is 0 Å². The first-order valence-electron chi connectivity index (χ1n) is 8.90. The lowest BCUT2D eigenvalue weighted by atomic mass is 10.1. The van der Waals surface area contributed by atoms with Gasteiger partial charge >= 0.3 is 11.7 Å². The molecule has 0 unspecified atom stereocenters. The van der Waals surface area contributed by atoms with Crippen molar-refractivity contribution in [2.75, 3.05) is 7.11 Å². The van der Waals surface area contributed by atoms with E-state index in [0.717, 1.165) is 22.3 Å². The van der Waals surface area contributed by atoms with Crippen LogP contribution in [0, 0.1) is 6.92 Å². The van der Waals surface area contributed by atoms with E-state index in [0.29, 0.717) is 22.1 Å². The molecule has 2 aromatic heterocycles. The zero-order chi connectivity index (χ0) is 20.4. The first kappa shape index (κ1) is 18.9. The Balaban J connectivity index is 1.59. The van der Waals surface area contributed by atoms with E-state index in [1.165, 1.54) is 23.4 Å². The summed E-state index contributed by atoms with van der Waals surface area (Å²) in [6.07, 6.45) is 1.65. The summed E-state index contributed by atoms with van der Waals surface area (Å²) in [5.74, 6) is 0.221. The summed E-state index contributed by atoms with van der Waals surface area (Å²) in [5, 5.41) is 4.68. The molecule has 0 aliphatic rings. The van der Waals surface area contributed by atoms with Gasteiger partial charge < -0.3 is 4.74 Å². The van der Waals surface area contributed by atoms with Crippen molar-refractivity contribution in [3.05, 3.63) is 81.9 Å². The number of aromatic nitrogens is 4. The molecule has 1 N–H and O–H groups in total. The number of nitrogens with one attached hydrogen (secondary N) is 1. The Morgan fingerprint density at radius 3 is 2.55 bits per heavy atom. The molecule has 2 aromatic carbocycles. The van der Waals surface area contributed by atoms with E-state index < -0.39 is 0 Å². The van der Waals surface area contributed by atoms with Crippen molar-refractivity contribution < 1.29 is 9.53 Å². The minimum atomic E-state index is -0.370. The molecular weight excluding hydrogens is 388 g/mol. The first-order chi connectivity index (χ1) is 14.0. The molecule has 0 aliphatic heterocycles. The summed E-state index contributed by atoms with van der Waals surface area (Å²) in [5.41, 5.74) is 4.59. The second-order valence-corrected chi connectivity index (χ2v) is 7.45. The normalized spacial score (nSPS) is 11.0. The van der Waals surface area contributed by atoms with E-state index >= 15 is 0 Å². The number of esters is 1. The van der Waals surface area contributed by atoms with Crippen LogP contribution in [0.3, 0.4) is 0 Å². The van der Waals surface area contributed by atoms with Gasteiger partial charge in [-0.2, -0.15) is 9.61 Å². The molecule has 8 heteroatoms. The Hall–Kier alpha value is -3.39. The van der Waals surface area contributed by atoms with Crippen LogP contribution in [0.25, 0.3) is 16.8 Å². The molecule has 0 aliphatic carbocycles. The number of nitrogens with zero attached hydrogens (tertiary/aromatic N) is 3. The quantitative estimate of drug-likeness (QED) is 0.403. The maximum Gasteiger partial charge on any atom is 0.350 e. The van der Waals surface area contributed by atoms with Gasteiger partial charge in [0.15, 0.2) is 10.8 Å². The van der Waals surface area contributed by atoms with Crippen molar-refractivity contribution in [2.24, 2.45) is 0 Å². The van der Waals surface area contributed by atoms with Crippen molar-refractivity contribution >= 4 is 23.4 Å². The van der Waals surface area contributed by atoms with Gasteiger partial charge in [0.05, 0.1) is 18.9 Å². The highest BCUT2D eigenvalue weighted by molar-refractivity contribution is 7.98. The molecule has 0 bridgehead atoms. The summed E-state index contributed by atoms with van der Waals surface area (Å²) >= 11 is 1.41. The molecule has 7 nitrogen and oxygen atoms in total. The average molecular weight is 406 g/mol. The number of carbonyl (C=O) groups excluding carboxylic acids is 1. The lowest BCUT2D eigenvalue weighted by Crippen LogP contribution is -2.19. The van der Waals surface area contributed by atoms with Gasteiger partial charge in [0.2, 0.25) is 0 Å². The summed E-state index contributed by atoms with van der Waals surface area (Å²) in [6, 6.07) is 15.1. The fraction of sp³-hybridized carbons (Fsp3) is 0.143. The van der Waals surface area contributed by atoms with Crippen LogP contribution in [0.4, 0.5) is 0 Å². The number of aryl methyl sites for hydroxylation is 1. The lowest BCUT2D eigenvalue weighted by Gasteiger charge is -2.04. The largest absolute Gasteiger partial charge is 0.465 e. The standard InChI is InChI=1S/C21H18N4O3S/c1-13-3-7-15(8-4-13)17-11-22-25-18(17)23-20(24-21(25)27)29-12-14-5-9-16(10-6-14)19(26)28-2/h3-11H,12H2,1-2H3,(H,23,24,27). The van der Waals surface area contributed by atoms with Crippen molar-refractivity contribution in [3.63, 3.8) is 0 Å². The fourth-order valence-electron chi connectivity index (χ4n) is 2.88. The highest BCUT2D eigenvalue weighted by Crippen LogP contribution is 2.25. The van der Waals surface area contributed by atoms with E-state index in [1.54, 1.807) is 18.3 Å². The zero-order valence-corrected chi connectivity index (χ0v) is 16.7. The van der Waals surface area contributed by atoms with Gasteiger partial charge in [-0.25, -0.2) is 14.6 Å². The topological polar surface area (TPSA) is 89.3 Å². The molecule has 0 atom stereocenters. The van der Waals surface area contributed by atoms with Crippen molar-refractivity contribution in [1.29, 1.82) is 0 Å². The number of methoxy groups -OCH3 is 1. The summed E-state index contributed by atoms with van der Waals surface area (Å²) in [6.45, 7) is 2.02. The van der Waals surface area contributed by atoms with Crippen LogP contribution < -0.4 is 5.69 Å². The number of benzene rings is 2. The van der Waals surface area contributed by atoms with E-state index in [4.69, 9.17) is 4.74 Å². The number of hydrogen-bond acceptors (Lipinski definition) is 6. The smallest absolute Gasteiger partial charge is 0.350 e. The van der Waals surface area contributed by atoms with Gasteiger partial charge in [0.1, 0.15) is 0 Å². The molecule has 146 valence electrons. The van der Waals surface area contributed by atoms with Crippen LogP contribution in [0.2, 0.25) is 0 Å². The van der Waals surface area contributed by atoms with Gasteiger partial charge in [-0.3, -0.25) is 4.98 Å². The van der Waals surface area contributed by atoms with Crippen LogP contribution in [0.1, 0.15) is 21.5 Å². The Labute approximate surface area is 170 Å². The number of rotatable bonds is 5. The Morgan fingerprint density at radius 1 is 1.14 bits per heavy atom. The molecular formula is C21H18N4O3S. The maximum absolute atomic E-state index is 12.4. The molecule has 0 radical (unpaired) electrons. The molecule has 29 heavy (non-hydrogen) atoms. The number of H-pyrrole nitrogens is 1. The number of hydrogen-bond donors (Lipinski definition) is 1. The summed E-state index contributed by atoms with van der Waals surface area (Å²) in [4.78, 5) is 31.3. The van der Waals surface area contributed by atoms with Gasteiger partial charge in [-0.1, -0.05) is 53.7 Å². The van der Waals surface area contributed by atoms with E-state index in [1.807, 2.05) is 43.3 Å². The molecule has 4 aromatic rings. The minimum absolute atomic E-state index is 0.336. The third-order valence-corrected chi connectivity index (χ3v) is 5.42. The fourth-order valence-corrected chi connectivity index (χ4v) is 3.68. The van der Waals surface area contributed by atoms with Crippen LogP contribution in [0.15, 0.2) is 64.7 Å². The summed E-state index contributed by atoms with van der Waals surface area (Å²) in [7, 11) is 1.35. The Bertz CT molecular complexity index is 1230. The molecule has 0 saturated carbocycles. The SMILES string of the molecule is COC(=O)c1ccc(CSc2nc3c(-c4ccc(C)cc4)cnn3c(=O)[nH]2)cc1. The second-order valence-electron chi connectivity index (χ2n) is 6.48. The molecule has 4 rings (SSSR count). The number of thioether (sulfide) groups is 1. The van der Waals surface area contributed by atoms with Crippen LogP contribution in [-0.2, 0) is 10.5 Å². The minimum Gasteiger partial charge on any atom is -0.465 e. The maximum atomic E-state index is 12.4. The van der Waals surface area contributed by atoms with Crippen LogP contribution in [0.5, 0.6) is 0 Å². The molecule has 0 saturated heterocycles. The first-order valence-corrected chi connectivity index (χ1v) is 9.89. The monoisotopic (exact) mass is 406 g/mol. The number of fused-ring (bicyclic) bond motifs is 1. The lowest BCUT2D eigenvalue weighted by molar-refractivity contribution is 0.0600. The predicted octanol–water partition coefficient (Wildman–Crippen LogP) is 3.47. The van der Waals surface area contributed by atoms with Gasteiger partial charge in [-0.15, -0.1) is 0 Å². The third-order valence-electron chi connectivity index (χ3n) is 4.47. The Kier molecular flexibility index (Phi) is 5.18. The Morgan fingerprint density at radius 2 is 1.86 bits per heavy atom. The van der Waals surface area contributed by atoms with E-state index in [2.05, 4.69) is 15.1 Å². The van der Waals surface area contributed by atoms with E-state index in [-0.39, 0.29) is 11.7 Å². The highest BCUT2D eigenvalue weighted by Gasteiger charge is 2.12. The second kappa shape index (κ2) is 7.92. The van der Waals surface area contributed by atoms with Gasteiger partial charge in [0, 0.05) is 11.3 Å². The molecule has 2 heterocycles. The predicted molar refractivity (Wildman–Crippen MR) is 111 cm³/mol. The molecule has 0 spiro atoms. The number of aromatic amines is 1. The summed E-state index contributed by atoms with van der Waals surface area (Å²) < 4.78 is 5.97. The van der Waals surface area contributed by atoms with Crippen LogP contribution >= 0.6 is 11.8 Å². The van der Waals surface area contributed by atoms with E-state index in [9.17, 15) is 9.59 Å². The van der Waals surface area contributed by atoms with Gasteiger partial charge in [-0.05, 0) is 30.2 Å². The molecule has 0 amide bonds. The third kappa shape index (κ3) is 3.93. The zero-order valence-electron chi connectivity index (χ0n) is 15.9. The van der Waals surface area contributed by atoms with Crippen molar-refractivity contribution in [1.82, 2.24) is 19.6 Å². The average Bonchev–Trinajstić information content (AvgIpc) is 3.17. The number of carbonyl (C=O) groups is 1. The van der Waals surface area contributed by atoms with Crippen molar-refractivity contribution in [3.8, 4) is 11.1 Å².